The molecule has 0 bridgehead atoms. The minimum absolute atomic E-state index is 0.173. The average Bonchev–Trinajstić information content (AvgIpc) is 2.80. The number of hydrogen-bond donors (Lipinski definition) is 0. The number of ether oxygens (including phenoxy) is 1. The first-order valence-corrected chi connectivity index (χ1v) is 12.2. The molecule has 3 aromatic rings. The van der Waals surface area contributed by atoms with Crippen molar-refractivity contribution in [1.29, 1.82) is 0 Å². The third-order valence-electron chi connectivity index (χ3n) is 5.28. The molecule has 0 aliphatic carbocycles. The fraction of sp³-hybridized carbons (Fsp3) is 0.348. The van der Waals surface area contributed by atoms with Crippen molar-refractivity contribution in [2.24, 2.45) is 0 Å². The van der Waals surface area contributed by atoms with Gasteiger partial charge in [0.2, 0.25) is 5.91 Å². The van der Waals surface area contributed by atoms with E-state index in [0.29, 0.717) is 64.5 Å². The van der Waals surface area contributed by atoms with Gasteiger partial charge in [0.1, 0.15) is 0 Å². The molecule has 0 unspecified atom stereocenters. The van der Waals surface area contributed by atoms with E-state index in [2.05, 4.69) is 0 Å². The quantitative estimate of drug-likeness (QED) is 0.269. The third kappa shape index (κ3) is 5.29. The number of rotatable bonds is 7. The molecule has 1 aliphatic rings. The Bertz CT molecular complexity index is 1180. The SMILES string of the molecule is O=C(CCCCSc1nc2ccccc2c(=O)n1-c1ccc(Cl)cc1Cl)N1CCOCC1. The monoisotopic (exact) mass is 491 g/mol. The van der Waals surface area contributed by atoms with Crippen LogP contribution in [0, 0.1) is 0 Å². The van der Waals surface area contributed by atoms with E-state index in [0.717, 1.165) is 18.6 Å². The van der Waals surface area contributed by atoms with Crippen LogP contribution in [-0.4, -0.2) is 52.4 Å². The van der Waals surface area contributed by atoms with Gasteiger partial charge in [0.15, 0.2) is 5.16 Å². The van der Waals surface area contributed by atoms with Crippen LogP contribution in [0.2, 0.25) is 10.0 Å². The molecule has 6 nitrogen and oxygen atoms in total. The van der Waals surface area contributed by atoms with Gasteiger partial charge in [-0.05, 0) is 43.2 Å². The van der Waals surface area contributed by atoms with Gasteiger partial charge in [0.05, 0.1) is 34.8 Å². The lowest BCUT2D eigenvalue weighted by Crippen LogP contribution is -2.40. The van der Waals surface area contributed by atoms with Crippen molar-refractivity contribution in [3.05, 3.63) is 62.9 Å². The summed E-state index contributed by atoms with van der Waals surface area (Å²) in [5.74, 6) is 0.902. The Morgan fingerprint density at radius 3 is 2.66 bits per heavy atom. The van der Waals surface area contributed by atoms with E-state index in [1.54, 1.807) is 28.8 Å². The van der Waals surface area contributed by atoms with Gasteiger partial charge >= 0.3 is 0 Å². The summed E-state index contributed by atoms with van der Waals surface area (Å²) >= 11 is 14.0. The summed E-state index contributed by atoms with van der Waals surface area (Å²) in [6.07, 6.45) is 2.13. The fourth-order valence-corrected chi connectivity index (χ4v) is 5.09. The first-order chi connectivity index (χ1) is 15.5. The van der Waals surface area contributed by atoms with Crippen LogP contribution in [-0.2, 0) is 9.53 Å². The lowest BCUT2D eigenvalue weighted by Gasteiger charge is -2.26. The van der Waals surface area contributed by atoms with Gasteiger partial charge < -0.3 is 9.64 Å². The highest BCUT2D eigenvalue weighted by atomic mass is 35.5. The lowest BCUT2D eigenvalue weighted by atomic mass is 10.2. The van der Waals surface area contributed by atoms with Crippen LogP contribution in [0.5, 0.6) is 0 Å². The Hall–Kier alpha value is -2.06. The van der Waals surface area contributed by atoms with Gasteiger partial charge in [0.25, 0.3) is 5.56 Å². The molecule has 0 atom stereocenters. The van der Waals surface area contributed by atoms with Crippen LogP contribution in [0.15, 0.2) is 52.4 Å². The van der Waals surface area contributed by atoms with Gasteiger partial charge in [-0.2, -0.15) is 0 Å². The second-order valence-electron chi connectivity index (χ2n) is 7.45. The molecule has 0 spiro atoms. The number of fused-ring (bicyclic) bond motifs is 1. The van der Waals surface area contributed by atoms with E-state index in [1.807, 2.05) is 23.1 Å². The summed E-state index contributed by atoms with van der Waals surface area (Å²) in [4.78, 5) is 32.2. The van der Waals surface area contributed by atoms with Crippen LogP contribution >= 0.6 is 35.0 Å². The summed E-state index contributed by atoms with van der Waals surface area (Å²) in [6.45, 7) is 2.56. The maximum Gasteiger partial charge on any atom is 0.266 e. The van der Waals surface area contributed by atoms with Gasteiger partial charge in [-0.3, -0.25) is 14.2 Å². The number of carbonyl (C=O) groups is 1. The van der Waals surface area contributed by atoms with Crippen molar-refractivity contribution in [3.8, 4) is 5.69 Å². The number of carbonyl (C=O) groups excluding carboxylic acids is 1. The highest BCUT2D eigenvalue weighted by Crippen LogP contribution is 2.28. The third-order valence-corrected chi connectivity index (χ3v) is 6.84. The number of para-hydroxylation sites is 1. The van der Waals surface area contributed by atoms with E-state index < -0.39 is 0 Å². The molecule has 1 saturated heterocycles. The van der Waals surface area contributed by atoms with Crippen molar-refractivity contribution in [2.75, 3.05) is 32.1 Å². The number of hydrogen-bond acceptors (Lipinski definition) is 5. The molecule has 9 heteroatoms. The molecule has 1 aliphatic heterocycles. The topological polar surface area (TPSA) is 64.4 Å². The van der Waals surface area contributed by atoms with Crippen LogP contribution in [0.1, 0.15) is 19.3 Å². The molecule has 168 valence electrons. The van der Waals surface area contributed by atoms with Gasteiger partial charge in [-0.1, -0.05) is 47.1 Å². The number of amides is 1. The Kier molecular flexibility index (Phi) is 7.73. The summed E-state index contributed by atoms with van der Waals surface area (Å²) < 4.78 is 6.84. The Morgan fingerprint density at radius 1 is 1.09 bits per heavy atom. The van der Waals surface area contributed by atoms with Crippen LogP contribution < -0.4 is 5.56 Å². The first-order valence-electron chi connectivity index (χ1n) is 10.5. The zero-order valence-electron chi connectivity index (χ0n) is 17.4. The molecule has 4 rings (SSSR count). The molecule has 0 N–H and O–H groups in total. The second-order valence-corrected chi connectivity index (χ2v) is 9.35. The number of nitrogens with zero attached hydrogens (tertiary/aromatic N) is 3. The predicted octanol–water partition coefficient (Wildman–Crippen LogP) is 4.81. The lowest BCUT2D eigenvalue weighted by molar-refractivity contribution is -0.135. The number of unbranched alkanes of at least 4 members (excludes halogenated alkanes) is 1. The maximum atomic E-state index is 13.3. The molecular weight excluding hydrogens is 469 g/mol. The summed E-state index contributed by atoms with van der Waals surface area (Å²) in [6, 6.07) is 12.3. The standard InChI is InChI=1S/C23H23Cl2N3O3S/c24-16-8-9-20(18(25)15-16)28-22(30)17-5-1-2-6-19(17)26-23(28)32-14-4-3-7-21(29)27-10-12-31-13-11-27/h1-2,5-6,8-9,15H,3-4,7,10-14H2. The van der Waals surface area contributed by atoms with Gasteiger partial charge in [-0.25, -0.2) is 4.98 Å². The van der Waals surface area contributed by atoms with E-state index in [9.17, 15) is 9.59 Å². The van der Waals surface area contributed by atoms with Crippen LogP contribution in [0.25, 0.3) is 16.6 Å². The van der Waals surface area contributed by atoms with E-state index >= 15 is 0 Å². The van der Waals surface area contributed by atoms with E-state index in [1.165, 1.54) is 11.8 Å². The molecule has 1 amide bonds. The average molecular weight is 492 g/mol. The molecule has 1 fully saturated rings. The fourth-order valence-electron chi connectivity index (χ4n) is 3.60. The number of thioether (sulfide) groups is 1. The molecule has 2 aromatic carbocycles. The Balaban J connectivity index is 1.50. The molecular formula is C23H23Cl2N3O3S. The summed E-state index contributed by atoms with van der Waals surface area (Å²) in [5, 5.41) is 1.98. The number of morpholine rings is 1. The Morgan fingerprint density at radius 2 is 1.88 bits per heavy atom. The predicted molar refractivity (Wildman–Crippen MR) is 129 cm³/mol. The molecule has 2 heterocycles. The minimum atomic E-state index is -0.176. The van der Waals surface area contributed by atoms with Crippen molar-refractivity contribution >= 4 is 51.8 Å². The van der Waals surface area contributed by atoms with Gasteiger partial charge in [-0.15, -0.1) is 0 Å². The molecule has 1 aromatic heterocycles. The van der Waals surface area contributed by atoms with E-state index in [-0.39, 0.29) is 11.5 Å². The van der Waals surface area contributed by atoms with Crippen molar-refractivity contribution in [1.82, 2.24) is 14.5 Å². The van der Waals surface area contributed by atoms with E-state index in [4.69, 9.17) is 32.9 Å². The second kappa shape index (κ2) is 10.7. The van der Waals surface area contributed by atoms with Crippen molar-refractivity contribution in [2.45, 2.75) is 24.4 Å². The summed E-state index contributed by atoms with van der Waals surface area (Å²) in [7, 11) is 0. The molecule has 0 radical (unpaired) electrons. The minimum Gasteiger partial charge on any atom is -0.378 e. The highest BCUT2D eigenvalue weighted by molar-refractivity contribution is 7.99. The normalized spacial score (nSPS) is 14.1. The zero-order valence-corrected chi connectivity index (χ0v) is 19.8. The number of halogens is 2. The van der Waals surface area contributed by atoms with Crippen molar-refractivity contribution in [3.63, 3.8) is 0 Å². The Labute approximate surface area is 200 Å². The van der Waals surface area contributed by atoms with Crippen molar-refractivity contribution < 1.29 is 9.53 Å². The highest BCUT2D eigenvalue weighted by Gasteiger charge is 2.17. The molecule has 32 heavy (non-hydrogen) atoms. The smallest absolute Gasteiger partial charge is 0.266 e. The van der Waals surface area contributed by atoms with Crippen LogP contribution in [0.3, 0.4) is 0 Å². The number of aromatic nitrogens is 2. The van der Waals surface area contributed by atoms with Crippen LogP contribution in [0.4, 0.5) is 0 Å². The largest absolute Gasteiger partial charge is 0.378 e. The number of benzene rings is 2. The zero-order chi connectivity index (χ0) is 22.5. The maximum absolute atomic E-state index is 13.3. The first kappa shape index (κ1) is 23.1. The van der Waals surface area contributed by atoms with Gasteiger partial charge in [0, 0.05) is 30.3 Å². The molecule has 0 saturated carbocycles. The summed E-state index contributed by atoms with van der Waals surface area (Å²) in [5.41, 5.74) is 1.01.